The van der Waals surface area contributed by atoms with Crippen LogP contribution in [-0.2, 0) is 24.2 Å². The van der Waals surface area contributed by atoms with Crippen LogP contribution in [0.25, 0.3) is 0 Å². The van der Waals surface area contributed by atoms with E-state index in [0.717, 1.165) is 64.1 Å². The van der Waals surface area contributed by atoms with Gasteiger partial charge in [0.1, 0.15) is 5.75 Å². The summed E-state index contributed by atoms with van der Waals surface area (Å²) in [4.78, 5) is 7.23. The Morgan fingerprint density at radius 3 is 2.62 bits per heavy atom. The van der Waals surface area contributed by atoms with E-state index in [9.17, 15) is 0 Å². The third-order valence-corrected chi connectivity index (χ3v) is 5.39. The summed E-state index contributed by atoms with van der Waals surface area (Å²) in [6, 6.07) is 15.0. The Morgan fingerprint density at radius 2 is 1.88 bits per heavy atom. The molecule has 1 heterocycles. The van der Waals surface area contributed by atoms with Gasteiger partial charge < -0.3 is 20.1 Å². The number of rotatable bonds is 9. The molecule has 2 N–H and O–H groups in total. The molecule has 6 nitrogen and oxygen atoms in total. The van der Waals surface area contributed by atoms with Crippen LogP contribution < -0.4 is 15.4 Å². The number of aryl methyl sites for hydroxylation is 1. The molecule has 1 aliphatic rings. The molecular weight excluding hydrogens is 515 g/mol. The minimum atomic E-state index is 0. The first-order valence-electron chi connectivity index (χ1n) is 11.2. The van der Waals surface area contributed by atoms with Gasteiger partial charge >= 0.3 is 0 Å². The van der Waals surface area contributed by atoms with Crippen molar-refractivity contribution in [1.29, 1.82) is 0 Å². The highest BCUT2D eigenvalue weighted by Crippen LogP contribution is 2.19. The van der Waals surface area contributed by atoms with E-state index in [1.165, 1.54) is 22.3 Å². The molecule has 2 aromatic rings. The number of nitrogens with one attached hydrogen (secondary N) is 2. The maximum atomic E-state index is 5.49. The number of hydrogen-bond acceptors (Lipinski definition) is 4. The SMILES string of the molecule is CCNC(=NCc1cccc(CN2CCOCC2)c1)NCCc1cc(C)ccc1OC.I. The maximum Gasteiger partial charge on any atom is 0.191 e. The van der Waals surface area contributed by atoms with Crippen LogP contribution in [0.5, 0.6) is 5.75 Å². The predicted octanol–water partition coefficient (Wildman–Crippen LogP) is 3.75. The highest BCUT2D eigenvalue weighted by atomic mass is 127. The number of methoxy groups -OCH3 is 1. The third-order valence-electron chi connectivity index (χ3n) is 5.39. The Hall–Kier alpha value is -1.84. The molecule has 0 aliphatic carbocycles. The van der Waals surface area contributed by atoms with E-state index < -0.39 is 0 Å². The Labute approximate surface area is 209 Å². The molecule has 0 atom stereocenters. The van der Waals surface area contributed by atoms with Crippen LogP contribution in [-0.4, -0.2) is 57.4 Å². The maximum absolute atomic E-state index is 5.49. The van der Waals surface area contributed by atoms with E-state index in [1.54, 1.807) is 7.11 Å². The molecule has 0 aromatic heterocycles. The van der Waals surface area contributed by atoms with Crippen LogP contribution >= 0.6 is 24.0 Å². The molecule has 32 heavy (non-hydrogen) atoms. The lowest BCUT2D eigenvalue weighted by molar-refractivity contribution is 0.0342. The zero-order valence-corrected chi connectivity index (χ0v) is 21.9. The zero-order chi connectivity index (χ0) is 21.9. The van der Waals surface area contributed by atoms with Crippen molar-refractivity contribution in [2.24, 2.45) is 4.99 Å². The molecule has 0 bridgehead atoms. The average molecular weight is 553 g/mol. The molecule has 0 saturated carbocycles. The molecule has 7 heteroatoms. The lowest BCUT2D eigenvalue weighted by Gasteiger charge is -2.26. The topological polar surface area (TPSA) is 58.1 Å². The summed E-state index contributed by atoms with van der Waals surface area (Å²) in [5.74, 6) is 1.78. The van der Waals surface area contributed by atoms with Crippen LogP contribution in [0.1, 0.15) is 29.2 Å². The minimum Gasteiger partial charge on any atom is -0.496 e. The Kier molecular flexibility index (Phi) is 11.8. The van der Waals surface area contributed by atoms with Crippen LogP contribution in [0.15, 0.2) is 47.5 Å². The summed E-state index contributed by atoms with van der Waals surface area (Å²) >= 11 is 0. The summed E-state index contributed by atoms with van der Waals surface area (Å²) in [6.07, 6.45) is 0.879. The fourth-order valence-corrected chi connectivity index (χ4v) is 3.77. The normalized spacial score (nSPS) is 14.5. The van der Waals surface area contributed by atoms with Gasteiger partial charge in [-0.1, -0.05) is 42.0 Å². The summed E-state index contributed by atoms with van der Waals surface area (Å²) in [5.41, 5.74) is 5.01. The second-order valence-corrected chi connectivity index (χ2v) is 7.90. The van der Waals surface area contributed by atoms with E-state index in [4.69, 9.17) is 14.5 Å². The van der Waals surface area contributed by atoms with Gasteiger partial charge in [0.25, 0.3) is 0 Å². The molecule has 1 fully saturated rings. The number of guanidine groups is 1. The molecule has 3 rings (SSSR count). The Morgan fingerprint density at radius 1 is 1.09 bits per heavy atom. The molecule has 0 radical (unpaired) electrons. The van der Waals surface area contributed by atoms with Crippen molar-refractivity contribution in [3.05, 3.63) is 64.7 Å². The Balaban J connectivity index is 0.00000363. The van der Waals surface area contributed by atoms with Crippen LogP contribution in [0, 0.1) is 6.92 Å². The van der Waals surface area contributed by atoms with Gasteiger partial charge in [-0.3, -0.25) is 4.90 Å². The Bertz CT molecular complexity index is 854. The van der Waals surface area contributed by atoms with Gasteiger partial charge in [0, 0.05) is 32.7 Å². The fourth-order valence-electron chi connectivity index (χ4n) is 3.77. The molecule has 176 valence electrons. The largest absolute Gasteiger partial charge is 0.496 e. The second-order valence-electron chi connectivity index (χ2n) is 7.90. The molecule has 0 unspecified atom stereocenters. The first-order chi connectivity index (χ1) is 15.2. The van der Waals surface area contributed by atoms with E-state index in [-0.39, 0.29) is 24.0 Å². The predicted molar refractivity (Wildman–Crippen MR) is 142 cm³/mol. The summed E-state index contributed by atoms with van der Waals surface area (Å²) in [6.45, 7) is 11.1. The van der Waals surface area contributed by atoms with Gasteiger partial charge in [0.05, 0.1) is 26.9 Å². The average Bonchev–Trinajstić information content (AvgIpc) is 2.78. The number of benzene rings is 2. The monoisotopic (exact) mass is 552 g/mol. The molecule has 1 saturated heterocycles. The highest BCUT2D eigenvalue weighted by molar-refractivity contribution is 14.0. The molecule has 0 amide bonds. The number of ether oxygens (including phenoxy) is 2. The molecule has 1 aliphatic heterocycles. The minimum absolute atomic E-state index is 0. The molecular formula is C25H37IN4O2. The van der Waals surface area contributed by atoms with Crippen molar-refractivity contribution in [3.63, 3.8) is 0 Å². The standard InChI is InChI=1S/C25H36N4O2.HI/c1-4-26-25(27-11-10-23-16-20(2)8-9-24(23)30-3)28-18-21-6-5-7-22(17-21)19-29-12-14-31-15-13-29;/h5-9,16-17H,4,10-15,18-19H2,1-3H3,(H2,26,27,28);1H. The van der Waals surface area contributed by atoms with Gasteiger partial charge in [0.15, 0.2) is 5.96 Å². The molecule has 0 spiro atoms. The van der Waals surface area contributed by atoms with Crippen LogP contribution in [0.3, 0.4) is 0 Å². The van der Waals surface area contributed by atoms with Crippen LogP contribution in [0.4, 0.5) is 0 Å². The van der Waals surface area contributed by atoms with Gasteiger partial charge in [-0.25, -0.2) is 4.99 Å². The lowest BCUT2D eigenvalue weighted by Crippen LogP contribution is -2.38. The summed E-state index contributed by atoms with van der Waals surface area (Å²) < 4.78 is 10.9. The molecule has 2 aromatic carbocycles. The quantitative estimate of drug-likeness (QED) is 0.282. The first-order valence-corrected chi connectivity index (χ1v) is 11.2. The number of nitrogens with zero attached hydrogens (tertiary/aromatic N) is 2. The van der Waals surface area contributed by atoms with Gasteiger partial charge in [-0.2, -0.15) is 0 Å². The van der Waals surface area contributed by atoms with Crippen LogP contribution in [0.2, 0.25) is 0 Å². The van der Waals surface area contributed by atoms with E-state index in [2.05, 4.69) is 65.8 Å². The first kappa shape index (κ1) is 26.4. The fraction of sp³-hybridized carbons (Fsp3) is 0.480. The summed E-state index contributed by atoms with van der Waals surface area (Å²) in [7, 11) is 1.72. The van der Waals surface area contributed by atoms with Gasteiger partial charge in [-0.15, -0.1) is 24.0 Å². The van der Waals surface area contributed by atoms with Gasteiger partial charge in [0.2, 0.25) is 0 Å². The number of morpholine rings is 1. The van der Waals surface area contributed by atoms with Crippen molar-refractivity contribution < 1.29 is 9.47 Å². The zero-order valence-electron chi connectivity index (χ0n) is 19.5. The smallest absolute Gasteiger partial charge is 0.191 e. The van der Waals surface area contributed by atoms with Crippen molar-refractivity contribution in [2.45, 2.75) is 33.4 Å². The lowest BCUT2D eigenvalue weighted by atomic mass is 10.1. The number of aliphatic imine (C=N–C) groups is 1. The van der Waals surface area contributed by atoms with E-state index in [0.29, 0.717) is 6.54 Å². The van der Waals surface area contributed by atoms with Crippen molar-refractivity contribution >= 4 is 29.9 Å². The van der Waals surface area contributed by atoms with Crippen molar-refractivity contribution in [3.8, 4) is 5.75 Å². The van der Waals surface area contributed by atoms with Gasteiger partial charge in [-0.05, 0) is 43.0 Å². The van der Waals surface area contributed by atoms with E-state index in [1.807, 2.05) is 6.07 Å². The second kappa shape index (κ2) is 14.3. The van der Waals surface area contributed by atoms with E-state index >= 15 is 0 Å². The van der Waals surface area contributed by atoms with Crippen molar-refractivity contribution in [2.75, 3.05) is 46.5 Å². The van der Waals surface area contributed by atoms with Crippen molar-refractivity contribution in [1.82, 2.24) is 15.5 Å². The third kappa shape index (κ3) is 8.60. The number of hydrogen-bond donors (Lipinski definition) is 2. The summed E-state index contributed by atoms with van der Waals surface area (Å²) in [5, 5.41) is 6.80. The highest BCUT2D eigenvalue weighted by Gasteiger charge is 2.11. The number of halogens is 1.